The molecule has 0 bridgehead atoms. The highest BCUT2D eigenvalue weighted by molar-refractivity contribution is 8.00. The Morgan fingerprint density at radius 2 is 2.16 bits per heavy atom. The Bertz CT molecular complexity index is 1320. The van der Waals surface area contributed by atoms with E-state index in [1.54, 1.807) is 11.8 Å². The van der Waals surface area contributed by atoms with Crippen molar-refractivity contribution in [3.8, 4) is 0 Å². The van der Waals surface area contributed by atoms with Gasteiger partial charge in [-0.05, 0) is 25.2 Å². The van der Waals surface area contributed by atoms with Gasteiger partial charge in [-0.15, -0.1) is 0 Å². The largest absolute Gasteiger partial charge is 0.861 e. The van der Waals surface area contributed by atoms with Crippen LogP contribution in [-0.4, -0.2) is 92.9 Å². The van der Waals surface area contributed by atoms with Crippen LogP contribution in [0.15, 0.2) is 17.1 Å². The first-order valence-corrected chi connectivity index (χ1v) is 14.6. The van der Waals surface area contributed by atoms with E-state index in [1.165, 1.54) is 17.2 Å². The Morgan fingerprint density at radius 1 is 1.34 bits per heavy atom. The van der Waals surface area contributed by atoms with Gasteiger partial charge in [-0.2, -0.15) is 29.3 Å². The Balaban J connectivity index is 1.10. The number of amides is 2. The number of nitrogens with two attached hydrogens (primary N) is 2. The van der Waals surface area contributed by atoms with Crippen LogP contribution < -0.4 is 31.9 Å². The number of imidazole rings is 1. The zero-order valence-corrected chi connectivity index (χ0v) is 21.8. The molecule has 0 unspecified atom stereocenters. The molecule has 208 valence electrons. The number of nitrogen functional groups attached to an aromatic ring is 1. The van der Waals surface area contributed by atoms with E-state index >= 15 is 0 Å². The minimum absolute atomic E-state index is 0.0226. The van der Waals surface area contributed by atoms with Crippen LogP contribution >= 0.6 is 11.8 Å². The van der Waals surface area contributed by atoms with E-state index in [2.05, 4.69) is 34.7 Å². The summed E-state index contributed by atoms with van der Waals surface area (Å²) in [6, 6.07) is -0.861. The standard InChI is InChI=1S/C20H30N10O6S2/c21-13-16(32)10(36-19(13)30-8-25-15-17(22)23-7-24-18(15)30)5-26-38(34,35)29-12(31)4-2-1-3-11-14-9(6-37-11)27-20(33)28-14/h7-11,13-14,16,19,26,32H,1-6,21H2,(H,29,31)(H2,22,23,24)(H2,27,28,33)/p-1/t9-,10+,11-,13+,14-,16+,19+/m0/s1. The van der Waals surface area contributed by atoms with Crippen LogP contribution in [0.4, 0.5) is 10.6 Å². The molecule has 2 aromatic heterocycles. The van der Waals surface area contributed by atoms with Crippen LogP contribution in [0.25, 0.3) is 11.2 Å². The van der Waals surface area contributed by atoms with E-state index in [0.29, 0.717) is 24.0 Å². The number of carbonyl (C=O) groups is 1. The molecule has 18 heteroatoms. The summed E-state index contributed by atoms with van der Waals surface area (Å²) >= 11 is 1.77. The number of hydrogen-bond acceptors (Lipinski definition) is 12. The first-order valence-electron chi connectivity index (χ1n) is 12.1. The van der Waals surface area contributed by atoms with Gasteiger partial charge in [-0.25, -0.2) is 19.7 Å². The number of aliphatic hydroxyl groups is 1. The van der Waals surface area contributed by atoms with E-state index in [0.717, 1.165) is 12.2 Å². The maximum absolute atomic E-state index is 12.3. The number of nitrogens with one attached hydrogen (secondary N) is 3. The number of thioether (sulfide) groups is 1. The maximum Gasteiger partial charge on any atom is 0.318 e. The SMILES string of the molecule is Nc1ncnc2c1ncn2[C@@H]1O[C@H](CNS(=O)(=O)/N=C(\[O-])CCCC[C@@H]2SC[C@@H]3NC(=O)N[C@@H]32)[C@@H](O)[C@H]1N. The number of anilines is 1. The van der Waals surface area contributed by atoms with Crippen LogP contribution in [0.2, 0.25) is 0 Å². The molecule has 0 radical (unpaired) electrons. The number of nitrogens with zero attached hydrogens (tertiary/aromatic N) is 5. The molecule has 3 saturated heterocycles. The van der Waals surface area contributed by atoms with Crippen LogP contribution in [0.3, 0.4) is 0 Å². The van der Waals surface area contributed by atoms with Crippen molar-refractivity contribution in [2.75, 3.05) is 18.0 Å². The smallest absolute Gasteiger partial charge is 0.318 e. The number of ether oxygens (including phenoxy) is 1. The Morgan fingerprint density at radius 3 is 2.97 bits per heavy atom. The number of carbonyl (C=O) groups excluding carboxylic acids is 1. The highest BCUT2D eigenvalue weighted by atomic mass is 32.2. The van der Waals surface area contributed by atoms with Crippen molar-refractivity contribution in [1.82, 2.24) is 34.9 Å². The number of rotatable bonds is 10. The first kappa shape index (κ1) is 26.8. The molecule has 0 aliphatic carbocycles. The summed E-state index contributed by atoms with van der Waals surface area (Å²) in [5.74, 6) is 0.246. The molecule has 3 fully saturated rings. The van der Waals surface area contributed by atoms with Gasteiger partial charge in [0.1, 0.15) is 24.1 Å². The molecule has 38 heavy (non-hydrogen) atoms. The summed E-state index contributed by atoms with van der Waals surface area (Å²) in [4.78, 5) is 23.6. The molecule has 0 aromatic carbocycles. The molecule has 3 aliphatic heterocycles. The topological polar surface area (TPSA) is 248 Å². The molecule has 0 saturated carbocycles. The van der Waals surface area contributed by atoms with Crippen molar-refractivity contribution in [2.24, 2.45) is 10.1 Å². The number of hydrogen-bond donors (Lipinski definition) is 6. The zero-order chi connectivity index (χ0) is 27.0. The molecule has 2 aromatic rings. The lowest BCUT2D eigenvalue weighted by atomic mass is 10.0. The molecule has 7 atom stereocenters. The molecule has 8 N–H and O–H groups in total. The molecule has 5 rings (SSSR count). The molecular weight excluding hydrogens is 540 g/mol. The van der Waals surface area contributed by atoms with Crippen LogP contribution in [0, 0.1) is 0 Å². The number of aromatic nitrogens is 4. The molecule has 2 amide bonds. The van der Waals surface area contributed by atoms with Crippen LogP contribution in [0.1, 0.15) is 31.9 Å². The highest BCUT2D eigenvalue weighted by Crippen LogP contribution is 2.33. The lowest BCUT2D eigenvalue weighted by molar-refractivity contribution is -0.218. The summed E-state index contributed by atoms with van der Waals surface area (Å²) < 4.78 is 37.5. The third-order valence-electron chi connectivity index (χ3n) is 6.84. The predicted octanol–water partition coefficient (Wildman–Crippen LogP) is -2.69. The van der Waals surface area contributed by atoms with Crippen molar-refractivity contribution in [3.63, 3.8) is 0 Å². The van der Waals surface area contributed by atoms with Crippen molar-refractivity contribution < 1.29 is 28.2 Å². The van der Waals surface area contributed by atoms with Crippen molar-refractivity contribution >= 4 is 50.9 Å². The Labute approximate surface area is 222 Å². The second-order valence-electron chi connectivity index (χ2n) is 9.39. The van der Waals surface area contributed by atoms with E-state index in [9.17, 15) is 23.4 Å². The summed E-state index contributed by atoms with van der Waals surface area (Å²) in [6.45, 7) is -0.352. The van der Waals surface area contributed by atoms with Gasteiger partial charge in [-0.3, -0.25) is 4.57 Å². The van der Waals surface area contributed by atoms with Gasteiger partial charge >= 0.3 is 16.2 Å². The summed E-state index contributed by atoms with van der Waals surface area (Å²) in [7, 11) is -4.31. The third kappa shape index (κ3) is 5.50. The fourth-order valence-corrected chi connectivity index (χ4v) is 7.25. The second-order valence-corrected chi connectivity index (χ2v) is 12.1. The number of aliphatic hydroxyl groups excluding tert-OH is 1. The highest BCUT2D eigenvalue weighted by Gasteiger charge is 2.44. The second kappa shape index (κ2) is 10.8. The van der Waals surface area contributed by atoms with E-state index in [1.807, 2.05) is 0 Å². The molecule has 3 aliphatic rings. The third-order valence-corrected chi connectivity index (χ3v) is 9.32. The maximum atomic E-state index is 12.3. The fraction of sp³-hybridized carbons (Fsp3) is 0.650. The predicted molar refractivity (Wildman–Crippen MR) is 136 cm³/mol. The fourth-order valence-electron chi connectivity index (χ4n) is 4.91. The molecule has 5 heterocycles. The van der Waals surface area contributed by atoms with Gasteiger partial charge in [0.2, 0.25) is 0 Å². The first-order chi connectivity index (χ1) is 18.1. The van der Waals surface area contributed by atoms with Gasteiger partial charge in [0, 0.05) is 17.5 Å². The summed E-state index contributed by atoms with van der Waals surface area (Å²) in [6.07, 6.45) is 1.49. The van der Waals surface area contributed by atoms with Crippen LogP contribution in [-0.2, 0) is 14.9 Å². The van der Waals surface area contributed by atoms with E-state index in [4.69, 9.17) is 16.2 Å². The lowest BCUT2D eigenvalue weighted by Crippen LogP contribution is -2.43. The summed E-state index contributed by atoms with van der Waals surface area (Å²) in [5, 5.41) is 28.7. The summed E-state index contributed by atoms with van der Waals surface area (Å²) in [5.41, 5.74) is 12.6. The van der Waals surface area contributed by atoms with E-state index < -0.39 is 40.6 Å². The minimum atomic E-state index is -4.31. The van der Waals surface area contributed by atoms with Crippen molar-refractivity contribution in [3.05, 3.63) is 12.7 Å². The van der Waals surface area contributed by atoms with Gasteiger partial charge in [0.25, 0.3) is 0 Å². The van der Waals surface area contributed by atoms with Crippen LogP contribution in [0.5, 0.6) is 0 Å². The van der Waals surface area contributed by atoms with Gasteiger partial charge < -0.3 is 37.1 Å². The average Bonchev–Trinajstić information content (AvgIpc) is 3.61. The average molecular weight is 570 g/mol. The number of unbranched alkanes of at least 4 members (excludes halogenated alkanes) is 1. The van der Waals surface area contributed by atoms with Crippen molar-refractivity contribution in [1.29, 1.82) is 0 Å². The monoisotopic (exact) mass is 569 g/mol. The zero-order valence-electron chi connectivity index (χ0n) is 20.1. The quantitative estimate of drug-likeness (QED) is 0.0741. The molecular formula is C20H29N10O6S2-. The molecule has 0 spiro atoms. The normalized spacial score (nSPS) is 31.5. The van der Waals surface area contributed by atoms with Gasteiger partial charge in [-0.1, -0.05) is 6.42 Å². The van der Waals surface area contributed by atoms with Gasteiger partial charge in [0.05, 0.1) is 24.5 Å². The van der Waals surface area contributed by atoms with Crippen molar-refractivity contribution in [2.45, 2.75) is 67.5 Å². The number of urea groups is 1. The Hall–Kier alpha value is -2.77. The molecule has 16 nitrogen and oxygen atoms in total. The lowest BCUT2D eigenvalue weighted by Gasteiger charge is -2.17. The Kier molecular flexibility index (Phi) is 7.60. The van der Waals surface area contributed by atoms with Gasteiger partial charge in [0.15, 0.2) is 17.7 Å². The minimum Gasteiger partial charge on any atom is -0.861 e. The number of fused-ring (bicyclic) bond motifs is 2. The van der Waals surface area contributed by atoms with E-state index in [-0.39, 0.29) is 42.1 Å².